The maximum Gasteiger partial charge on any atom is 0.0640 e. The van der Waals surface area contributed by atoms with Crippen LogP contribution in [0.3, 0.4) is 0 Å². The van der Waals surface area contributed by atoms with Gasteiger partial charge in [-0.3, -0.25) is 0 Å². The summed E-state index contributed by atoms with van der Waals surface area (Å²) in [7, 11) is 0. The molecule has 1 aromatic carbocycles. The van der Waals surface area contributed by atoms with Crippen molar-refractivity contribution in [3.05, 3.63) is 33.8 Å². The first-order chi connectivity index (χ1) is 6.16. The molecule has 0 radical (unpaired) electrons. The highest BCUT2D eigenvalue weighted by molar-refractivity contribution is 6.42. The van der Waals surface area contributed by atoms with Crippen LogP contribution in [0.15, 0.2) is 18.2 Å². The molecule has 13 heavy (non-hydrogen) atoms. The van der Waals surface area contributed by atoms with Gasteiger partial charge in [-0.15, -0.1) is 0 Å². The van der Waals surface area contributed by atoms with E-state index in [0.29, 0.717) is 16.5 Å². The molecule has 0 spiro atoms. The van der Waals surface area contributed by atoms with Crippen molar-refractivity contribution < 1.29 is 5.11 Å². The van der Waals surface area contributed by atoms with Crippen LogP contribution in [0.1, 0.15) is 18.0 Å². The van der Waals surface area contributed by atoms with E-state index in [1.807, 2.05) is 6.07 Å². The van der Waals surface area contributed by atoms with Crippen molar-refractivity contribution in [2.45, 2.75) is 12.5 Å². The summed E-state index contributed by atoms with van der Waals surface area (Å²) in [6.45, 7) is 0.0456. The highest BCUT2D eigenvalue weighted by Crippen LogP contribution is 2.29. The van der Waals surface area contributed by atoms with E-state index in [4.69, 9.17) is 34.0 Å². The van der Waals surface area contributed by atoms with Crippen LogP contribution in [0.5, 0.6) is 0 Å². The molecule has 0 unspecified atom stereocenters. The van der Waals surface area contributed by atoms with Crippen LogP contribution in [0.25, 0.3) is 0 Å². The summed E-state index contributed by atoms with van der Waals surface area (Å²) in [5.74, 6) is 0. The highest BCUT2D eigenvalue weighted by Gasteiger charge is 2.11. The monoisotopic (exact) mass is 219 g/mol. The van der Waals surface area contributed by atoms with Gasteiger partial charge in [0.2, 0.25) is 0 Å². The average Bonchev–Trinajstić information content (AvgIpc) is 2.10. The Morgan fingerprint density at radius 2 is 2.08 bits per heavy atom. The van der Waals surface area contributed by atoms with Crippen LogP contribution in [0.4, 0.5) is 0 Å². The summed E-state index contributed by atoms with van der Waals surface area (Å²) in [5.41, 5.74) is 6.55. The molecule has 72 valence electrons. The molecule has 1 rings (SSSR count). The van der Waals surface area contributed by atoms with E-state index in [1.165, 1.54) is 0 Å². The molecule has 0 fully saturated rings. The third-order valence-corrected chi connectivity index (χ3v) is 2.65. The molecular formula is C9H11Cl2NO. The van der Waals surface area contributed by atoms with Gasteiger partial charge in [0.25, 0.3) is 0 Å². The minimum atomic E-state index is -0.254. The predicted molar refractivity (Wildman–Crippen MR) is 55.1 cm³/mol. The minimum Gasteiger partial charge on any atom is -0.396 e. The van der Waals surface area contributed by atoms with Crippen molar-refractivity contribution in [2.24, 2.45) is 5.73 Å². The zero-order valence-corrected chi connectivity index (χ0v) is 8.52. The fourth-order valence-corrected chi connectivity index (χ4v) is 1.55. The van der Waals surface area contributed by atoms with Crippen molar-refractivity contribution >= 4 is 23.2 Å². The molecule has 3 N–H and O–H groups in total. The highest BCUT2D eigenvalue weighted by atomic mass is 35.5. The van der Waals surface area contributed by atoms with E-state index in [0.717, 1.165) is 5.56 Å². The molecule has 0 saturated heterocycles. The Bertz CT molecular complexity index is 291. The van der Waals surface area contributed by atoms with Crippen LogP contribution in [-0.4, -0.2) is 11.7 Å². The predicted octanol–water partition coefficient (Wildman–Crippen LogP) is 2.38. The zero-order chi connectivity index (χ0) is 9.84. The van der Waals surface area contributed by atoms with E-state index in [9.17, 15) is 0 Å². The summed E-state index contributed by atoms with van der Waals surface area (Å²) in [4.78, 5) is 0. The van der Waals surface area contributed by atoms with Crippen molar-refractivity contribution in [1.29, 1.82) is 0 Å². The van der Waals surface area contributed by atoms with Crippen LogP contribution in [0.2, 0.25) is 10.0 Å². The quantitative estimate of drug-likeness (QED) is 0.821. The van der Waals surface area contributed by atoms with Crippen molar-refractivity contribution in [2.75, 3.05) is 6.61 Å². The molecule has 0 amide bonds. The Morgan fingerprint density at radius 1 is 1.38 bits per heavy atom. The van der Waals surface area contributed by atoms with Crippen LogP contribution in [0, 0.1) is 0 Å². The number of halogens is 2. The fraction of sp³-hybridized carbons (Fsp3) is 0.333. The lowest BCUT2D eigenvalue weighted by molar-refractivity contribution is 0.276. The lowest BCUT2D eigenvalue weighted by Gasteiger charge is -2.12. The van der Waals surface area contributed by atoms with Gasteiger partial charge in [-0.05, 0) is 18.1 Å². The molecule has 1 atom stereocenters. The molecule has 0 heterocycles. The molecule has 0 aliphatic carbocycles. The standard InChI is InChI=1S/C9H11Cl2NO/c10-7-3-1-2-6(9(7)11)8(12)4-5-13/h1-3,8,13H,4-5,12H2/t8-/m1/s1. The molecule has 1 aromatic rings. The van der Waals surface area contributed by atoms with E-state index in [-0.39, 0.29) is 12.6 Å². The second kappa shape index (κ2) is 4.82. The van der Waals surface area contributed by atoms with Crippen molar-refractivity contribution in [3.8, 4) is 0 Å². The third-order valence-electron chi connectivity index (χ3n) is 1.82. The summed E-state index contributed by atoms with van der Waals surface area (Å²) in [5, 5.41) is 9.67. The first-order valence-electron chi connectivity index (χ1n) is 3.97. The first-order valence-corrected chi connectivity index (χ1v) is 4.72. The maximum absolute atomic E-state index is 8.70. The van der Waals surface area contributed by atoms with E-state index in [1.54, 1.807) is 12.1 Å². The lowest BCUT2D eigenvalue weighted by Crippen LogP contribution is -2.12. The van der Waals surface area contributed by atoms with Crippen LogP contribution >= 0.6 is 23.2 Å². The molecule has 0 bridgehead atoms. The summed E-state index contributed by atoms with van der Waals surface area (Å²) in [6.07, 6.45) is 0.486. The summed E-state index contributed by atoms with van der Waals surface area (Å²) >= 11 is 11.7. The Morgan fingerprint density at radius 3 is 2.69 bits per heavy atom. The number of aliphatic hydroxyl groups is 1. The topological polar surface area (TPSA) is 46.2 Å². The molecule has 0 aliphatic heterocycles. The third kappa shape index (κ3) is 2.58. The van der Waals surface area contributed by atoms with Gasteiger partial charge in [-0.2, -0.15) is 0 Å². The second-order valence-electron chi connectivity index (χ2n) is 2.76. The van der Waals surface area contributed by atoms with Crippen LogP contribution < -0.4 is 5.73 Å². The average molecular weight is 220 g/mol. The SMILES string of the molecule is N[C@H](CCO)c1cccc(Cl)c1Cl. The number of hydrogen-bond donors (Lipinski definition) is 2. The number of rotatable bonds is 3. The Kier molecular flexibility index (Phi) is 4.00. The number of benzene rings is 1. The van der Waals surface area contributed by atoms with Crippen molar-refractivity contribution in [3.63, 3.8) is 0 Å². The molecular weight excluding hydrogens is 209 g/mol. The summed E-state index contributed by atoms with van der Waals surface area (Å²) < 4.78 is 0. The zero-order valence-electron chi connectivity index (χ0n) is 7.00. The van der Waals surface area contributed by atoms with E-state index in [2.05, 4.69) is 0 Å². The van der Waals surface area contributed by atoms with Gasteiger partial charge in [0.15, 0.2) is 0 Å². The van der Waals surface area contributed by atoms with Gasteiger partial charge in [0.05, 0.1) is 10.0 Å². The summed E-state index contributed by atoms with van der Waals surface area (Å²) in [6, 6.07) is 5.06. The number of aliphatic hydroxyl groups excluding tert-OH is 1. The fourth-order valence-electron chi connectivity index (χ4n) is 1.10. The minimum absolute atomic E-state index is 0.0456. The molecule has 2 nitrogen and oxygen atoms in total. The second-order valence-corrected chi connectivity index (χ2v) is 3.55. The lowest BCUT2D eigenvalue weighted by atomic mass is 10.1. The Balaban J connectivity index is 2.93. The largest absolute Gasteiger partial charge is 0.396 e. The van der Waals surface area contributed by atoms with Gasteiger partial charge in [-0.1, -0.05) is 35.3 Å². The number of hydrogen-bond acceptors (Lipinski definition) is 2. The molecule has 0 saturated carbocycles. The first kappa shape index (κ1) is 10.8. The van der Waals surface area contributed by atoms with Gasteiger partial charge in [-0.25, -0.2) is 0 Å². The van der Waals surface area contributed by atoms with Gasteiger partial charge in [0.1, 0.15) is 0 Å². The maximum atomic E-state index is 8.70. The van der Waals surface area contributed by atoms with Gasteiger partial charge in [0, 0.05) is 12.6 Å². The van der Waals surface area contributed by atoms with Gasteiger partial charge < -0.3 is 10.8 Å². The van der Waals surface area contributed by atoms with E-state index < -0.39 is 0 Å². The molecule has 0 aliphatic rings. The molecule has 0 aromatic heterocycles. The smallest absolute Gasteiger partial charge is 0.0640 e. The van der Waals surface area contributed by atoms with Crippen molar-refractivity contribution in [1.82, 2.24) is 0 Å². The van der Waals surface area contributed by atoms with Gasteiger partial charge >= 0.3 is 0 Å². The van der Waals surface area contributed by atoms with Crippen LogP contribution in [-0.2, 0) is 0 Å². The van der Waals surface area contributed by atoms with E-state index >= 15 is 0 Å². The Labute approximate surface area is 87.3 Å². The molecule has 4 heteroatoms. The normalized spacial score (nSPS) is 12.9. The Hall–Kier alpha value is -0.280. The number of nitrogens with two attached hydrogens (primary N) is 1.